The van der Waals surface area contributed by atoms with Gasteiger partial charge in [0.2, 0.25) is 21.8 Å². The highest BCUT2D eigenvalue weighted by Crippen LogP contribution is 2.21. The van der Waals surface area contributed by atoms with Crippen molar-refractivity contribution in [2.75, 3.05) is 13.7 Å². The van der Waals surface area contributed by atoms with Crippen LogP contribution < -0.4 is 9.46 Å². The molecule has 3 aromatic rings. The molecule has 0 saturated carbocycles. The van der Waals surface area contributed by atoms with Gasteiger partial charge in [-0.25, -0.2) is 13.1 Å². The van der Waals surface area contributed by atoms with Crippen LogP contribution in [0.4, 0.5) is 0 Å². The van der Waals surface area contributed by atoms with E-state index in [2.05, 4.69) is 14.9 Å². The maximum atomic E-state index is 12.3. The molecule has 3 rings (SSSR count). The van der Waals surface area contributed by atoms with Crippen molar-refractivity contribution in [3.63, 3.8) is 0 Å². The number of rotatable bonds is 7. The molecule has 0 bridgehead atoms. The number of nitrogens with one attached hydrogen (secondary N) is 1. The highest BCUT2D eigenvalue weighted by molar-refractivity contribution is 7.89. The molecule has 0 aliphatic heterocycles. The van der Waals surface area contributed by atoms with Crippen LogP contribution in [0.25, 0.3) is 11.5 Å². The highest BCUT2D eigenvalue weighted by Gasteiger charge is 2.16. The second kappa shape index (κ2) is 7.67. The van der Waals surface area contributed by atoms with Crippen molar-refractivity contribution in [1.29, 1.82) is 0 Å². The number of methoxy groups -OCH3 is 1. The first-order valence-corrected chi connectivity index (χ1v) is 9.50. The number of benzene rings is 2. The van der Waals surface area contributed by atoms with E-state index in [4.69, 9.17) is 9.15 Å². The van der Waals surface area contributed by atoms with Gasteiger partial charge < -0.3 is 9.15 Å². The molecule has 0 unspecified atom stereocenters. The van der Waals surface area contributed by atoms with Crippen molar-refractivity contribution < 1.29 is 17.6 Å². The molecule has 1 N–H and O–H groups in total. The van der Waals surface area contributed by atoms with Crippen molar-refractivity contribution in [3.05, 3.63) is 60.0 Å². The van der Waals surface area contributed by atoms with E-state index in [0.29, 0.717) is 23.8 Å². The number of aryl methyl sites for hydroxylation is 1. The summed E-state index contributed by atoms with van der Waals surface area (Å²) in [5.74, 6) is 1.48. The van der Waals surface area contributed by atoms with Gasteiger partial charge in [-0.05, 0) is 42.8 Å². The number of hydrogen-bond acceptors (Lipinski definition) is 6. The van der Waals surface area contributed by atoms with Crippen LogP contribution in [0.1, 0.15) is 11.5 Å². The number of hydrogen-bond donors (Lipinski definition) is 1. The van der Waals surface area contributed by atoms with Gasteiger partial charge in [-0.3, -0.25) is 0 Å². The summed E-state index contributed by atoms with van der Waals surface area (Å²) < 4.78 is 37.9. The average Bonchev–Trinajstić information content (AvgIpc) is 3.11. The standard InChI is InChI=1S/C18H19N3O4S/c1-13-5-3-4-6-16(13)26(22,23)19-12-11-17-20-21-18(25-17)14-7-9-15(24-2)10-8-14/h3-10,19H,11-12H2,1-2H3. The van der Waals surface area contributed by atoms with Crippen LogP contribution in [-0.4, -0.2) is 32.3 Å². The molecular formula is C18H19N3O4S. The van der Waals surface area contributed by atoms with Crippen LogP contribution in [0, 0.1) is 6.92 Å². The largest absolute Gasteiger partial charge is 0.497 e. The molecule has 2 aromatic carbocycles. The SMILES string of the molecule is COc1ccc(-c2nnc(CCNS(=O)(=O)c3ccccc3C)o2)cc1. The van der Waals surface area contributed by atoms with E-state index < -0.39 is 10.0 Å². The zero-order valence-corrected chi connectivity index (χ0v) is 15.3. The number of sulfonamides is 1. The fraction of sp³-hybridized carbons (Fsp3) is 0.222. The Labute approximate surface area is 152 Å². The topological polar surface area (TPSA) is 94.3 Å². The van der Waals surface area contributed by atoms with Gasteiger partial charge in [0, 0.05) is 18.5 Å². The first-order chi connectivity index (χ1) is 12.5. The maximum Gasteiger partial charge on any atom is 0.247 e. The van der Waals surface area contributed by atoms with E-state index in [9.17, 15) is 8.42 Å². The molecule has 0 amide bonds. The van der Waals surface area contributed by atoms with Gasteiger partial charge in [0.15, 0.2) is 0 Å². The number of nitrogens with zero attached hydrogens (tertiary/aromatic N) is 2. The minimum absolute atomic E-state index is 0.168. The minimum Gasteiger partial charge on any atom is -0.497 e. The fourth-order valence-corrected chi connectivity index (χ4v) is 3.71. The van der Waals surface area contributed by atoms with E-state index in [-0.39, 0.29) is 11.4 Å². The molecule has 0 aliphatic rings. The van der Waals surface area contributed by atoms with Gasteiger partial charge in [0.1, 0.15) is 5.75 Å². The molecule has 136 valence electrons. The third-order valence-corrected chi connectivity index (χ3v) is 5.44. The molecule has 1 heterocycles. The normalized spacial score (nSPS) is 11.5. The molecule has 0 fully saturated rings. The Morgan fingerprint density at radius 2 is 1.81 bits per heavy atom. The van der Waals surface area contributed by atoms with Gasteiger partial charge in [-0.15, -0.1) is 10.2 Å². The summed E-state index contributed by atoms with van der Waals surface area (Å²) in [7, 11) is -1.97. The van der Waals surface area contributed by atoms with Crippen molar-refractivity contribution in [3.8, 4) is 17.2 Å². The van der Waals surface area contributed by atoms with Gasteiger partial charge in [0.25, 0.3) is 0 Å². The Hall–Kier alpha value is -2.71. The van der Waals surface area contributed by atoms with Crippen molar-refractivity contribution in [2.45, 2.75) is 18.2 Å². The van der Waals surface area contributed by atoms with E-state index in [0.717, 1.165) is 11.3 Å². The molecule has 0 atom stereocenters. The molecule has 1 aromatic heterocycles. The Balaban J connectivity index is 1.62. The lowest BCUT2D eigenvalue weighted by Crippen LogP contribution is -2.26. The number of ether oxygens (including phenoxy) is 1. The first-order valence-electron chi connectivity index (χ1n) is 8.02. The van der Waals surface area contributed by atoms with Crippen LogP contribution in [0.15, 0.2) is 57.8 Å². The summed E-state index contributed by atoms with van der Waals surface area (Å²) in [5.41, 5.74) is 1.46. The third kappa shape index (κ3) is 4.09. The van der Waals surface area contributed by atoms with Crippen molar-refractivity contribution in [2.24, 2.45) is 0 Å². The third-order valence-electron chi connectivity index (χ3n) is 3.82. The van der Waals surface area contributed by atoms with E-state index in [1.165, 1.54) is 0 Å². The predicted molar refractivity (Wildman–Crippen MR) is 96.4 cm³/mol. The van der Waals surface area contributed by atoms with Crippen molar-refractivity contribution >= 4 is 10.0 Å². The molecule has 26 heavy (non-hydrogen) atoms. The Morgan fingerprint density at radius 1 is 1.08 bits per heavy atom. The molecule has 0 spiro atoms. The van der Waals surface area contributed by atoms with Crippen molar-refractivity contribution in [1.82, 2.24) is 14.9 Å². The monoisotopic (exact) mass is 373 g/mol. The molecule has 0 radical (unpaired) electrons. The van der Waals surface area contributed by atoms with Gasteiger partial charge in [-0.2, -0.15) is 0 Å². The van der Waals surface area contributed by atoms with E-state index in [1.54, 1.807) is 50.4 Å². The summed E-state index contributed by atoms with van der Waals surface area (Å²) in [6.07, 6.45) is 0.300. The second-order valence-corrected chi connectivity index (χ2v) is 7.38. The molecule has 0 aliphatic carbocycles. The van der Waals surface area contributed by atoms with E-state index >= 15 is 0 Å². The summed E-state index contributed by atoms with van der Waals surface area (Å²) >= 11 is 0. The smallest absolute Gasteiger partial charge is 0.247 e. The van der Waals surface area contributed by atoms with Gasteiger partial charge in [-0.1, -0.05) is 18.2 Å². The fourth-order valence-electron chi connectivity index (χ4n) is 2.43. The summed E-state index contributed by atoms with van der Waals surface area (Å²) in [4.78, 5) is 0.268. The Bertz CT molecular complexity index is 982. The lowest BCUT2D eigenvalue weighted by molar-refractivity contribution is 0.415. The van der Waals surface area contributed by atoms with Crippen LogP contribution in [0.5, 0.6) is 5.75 Å². The van der Waals surface area contributed by atoms with E-state index in [1.807, 2.05) is 12.1 Å². The maximum absolute atomic E-state index is 12.3. The van der Waals surface area contributed by atoms with Gasteiger partial charge in [0.05, 0.1) is 12.0 Å². The zero-order chi connectivity index (χ0) is 18.6. The predicted octanol–water partition coefficient (Wildman–Crippen LogP) is 2.57. The zero-order valence-electron chi connectivity index (χ0n) is 14.5. The molecule has 0 saturated heterocycles. The summed E-state index contributed by atoms with van der Waals surface area (Å²) in [6.45, 7) is 1.93. The Kier molecular flexibility index (Phi) is 5.34. The molecule has 7 nitrogen and oxygen atoms in total. The number of aromatic nitrogens is 2. The van der Waals surface area contributed by atoms with Crippen LogP contribution in [-0.2, 0) is 16.4 Å². The average molecular weight is 373 g/mol. The van der Waals surface area contributed by atoms with Gasteiger partial charge >= 0.3 is 0 Å². The lowest BCUT2D eigenvalue weighted by atomic mass is 10.2. The Morgan fingerprint density at radius 3 is 2.50 bits per heavy atom. The second-order valence-electron chi connectivity index (χ2n) is 5.64. The molecular weight excluding hydrogens is 354 g/mol. The molecule has 8 heteroatoms. The minimum atomic E-state index is -3.57. The quantitative estimate of drug-likeness (QED) is 0.684. The lowest BCUT2D eigenvalue weighted by Gasteiger charge is -2.07. The van der Waals surface area contributed by atoms with Crippen LogP contribution in [0.3, 0.4) is 0 Å². The summed E-state index contributed by atoms with van der Waals surface area (Å²) in [6, 6.07) is 14.1. The van der Waals surface area contributed by atoms with Crippen LogP contribution >= 0.6 is 0 Å². The van der Waals surface area contributed by atoms with Crippen LogP contribution in [0.2, 0.25) is 0 Å². The first kappa shape index (κ1) is 18.1. The summed E-state index contributed by atoms with van der Waals surface area (Å²) in [5, 5.41) is 7.96. The highest BCUT2D eigenvalue weighted by atomic mass is 32.2.